The summed E-state index contributed by atoms with van der Waals surface area (Å²) in [5.74, 6) is -0.846. The maximum absolute atomic E-state index is 11.2. The van der Waals surface area contributed by atoms with Gasteiger partial charge in [-0.1, -0.05) is 0 Å². The Bertz CT molecular complexity index is 229. The van der Waals surface area contributed by atoms with E-state index in [9.17, 15) is 9.59 Å². The average Bonchev–Trinajstić information content (AvgIpc) is 2.12. The third-order valence-electron chi connectivity index (χ3n) is 2.30. The summed E-state index contributed by atoms with van der Waals surface area (Å²) >= 11 is 0. The maximum Gasteiger partial charge on any atom is 0.312 e. The third kappa shape index (κ3) is 1.06. The second kappa shape index (κ2) is 2.75. The van der Waals surface area contributed by atoms with Gasteiger partial charge >= 0.3 is 11.8 Å². The van der Waals surface area contributed by atoms with Crippen LogP contribution in [0.1, 0.15) is 0 Å². The molecule has 2 heterocycles. The van der Waals surface area contributed by atoms with E-state index in [-0.39, 0.29) is 11.9 Å². The second-order valence-corrected chi connectivity index (χ2v) is 3.07. The van der Waals surface area contributed by atoms with Crippen molar-refractivity contribution in [3.63, 3.8) is 0 Å². The number of nitrogens with zero attached hydrogens (tertiary/aromatic N) is 1. The molecule has 2 rings (SSSR count). The van der Waals surface area contributed by atoms with Gasteiger partial charge in [-0.15, -0.1) is 0 Å². The van der Waals surface area contributed by atoms with Gasteiger partial charge in [0.2, 0.25) is 0 Å². The molecule has 0 spiro atoms. The van der Waals surface area contributed by atoms with Gasteiger partial charge in [-0.25, -0.2) is 0 Å². The predicted octanol–water partition coefficient (Wildman–Crippen LogP) is -2.08. The zero-order valence-corrected chi connectivity index (χ0v) is 6.67. The topological polar surface area (TPSA) is 61.4 Å². The summed E-state index contributed by atoms with van der Waals surface area (Å²) in [5, 5.41) is 5.73. The Kier molecular flexibility index (Phi) is 1.73. The van der Waals surface area contributed by atoms with E-state index in [1.807, 2.05) is 0 Å². The molecule has 0 aliphatic carbocycles. The first-order chi connectivity index (χ1) is 5.79. The Morgan fingerprint density at radius 1 is 1.33 bits per heavy atom. The summed E-state index contributed by atoms with van der Waals surface area (Å²) in [4.78, 5) is 23.8. The SMILES string of the molecule is O=C1NC[C@H]2CNCCN2C1=O. The van der Waals surface area contributed by atoms with Crippen molar-refractivity contribution in [3.8, 4) is 0 Å². The lowest BCUT2D eigenvalue weighted by Gasteiger charge is -2.38. The van der Waals surface area contributed by atoms with E-state index in [0.717, 1.165) is 13.1 Å². The van der Waals surface area contributed by atoms with Crippen molar-refractivity contribution in [3.05, 3.63) is 0 Å². The van der Waals surface area contributed by atoms with E-state index in [0.29, 0.717) is 13.1 Å². The van der Waals surface area contributed by atoms with Crippen molar-refractivity contribution in [2.45, 2.75) is 6.04 Å². The van der Waals surface area contributed by atoms with Gasteiger partial charge < -0.3 is 15.5 Å². The first kappa shape index (κ1) is 7.54. The molecule has 0 aromatic rings. The lowest BCUT2D eigenvalue weighted by atomic mass is 10.1. The van der Waals surface area contributed by atoms with Crippen molar-refractivity contribution >= 4 is 11.8 Å². The van der Waals surface area contributed by atoms with Gasteiger partial charge in [0.05, 0.1) is 6.04 Å². The molecule has 2 aliphatic heterocycles. The van der Waals surface area contributed by atoms with Crippen LogP contribution in [0.2, 0.25) is 0 Å². The number of rotatable bonds is 0. The molecular weight excluding hydrogens is 158 g/mol. The molecule has 2 amide bonds. The molecule has 0 aromatic heterocycles. The van der Waals surface area contributed by atoms with Crippen LogP contribution in [0.15, 0.2) is 0 Å². The second-order valence-electron chi connectivity index (χ2n) is 3.07. The third-order valence-corrected chi connectivity index (χ3v) is 2.30. The van der Waals surface area contributed by atoms with Gasteiger partial charge in [-0.3, -0.25) is 9.59 Å². The number of hydrogen-bond donors (Lipinski definition) is 2. The predicted molar refractivity (Wildman–Crippen MR) is 41.4 cm³/mol. The van der Waals surface area contributed by atoms with Crippen LogP contribution in [0, 0.1) is 0 Å². The van der Waals surface area contributed by atoms with Gasteiger partial charge in [0, 0.05) is 26.2 Å². The summed E-state index contributed by atoms with van der Waals surface area (Å²) in [7, 11) is 0. The largest absolute Gasteiger partial charge is 0.346 e. The van der Waals surface area contributed by atoms with E-state index in [4.69, 9.17) is 0 Å². The molecule has 2 N–H and O–H groups in total. The molecular formula is C7H11N3O2. The van der Waals surface area contributed by atoms with Crippen molar-refractivity contribution in [1.82, 2.24) is 15.5 Å². The smallest absolute Gasteiger partial charge is 0.312 e. The van der Waals surface area contributed by atoms with Crippen LogP contribution in [0.4, 0.5) is 0 Å². The van der Waals surface area contributed by atoms with Crippen LogP contribution in [0.3, 0.4) is 0 Å². The fraction of sp³-hybridized carbons (Fsp3) is 0.714. The Labute approximate surface area is 70.1 Å². The number of carbonyl (C=O) groups excluding carboxylic acids is 2. The van der Waals surface area contributed by atoms with Crippen molar-refractivity contribution in [2.75, 3.05) is 26.2 Å². The van der Waals surface area contributed by atoms with Crippen LogP contribution < -0.4 is 10.6 Å². The first-order valence-electron chi connectivity index (χ1n) is 4.08. The summed E-state index contributed by atoms with van der Waals surface area (Å²) in [6.07, 6.45) is 0. The lowest BCUT2D eigenvalue weighted by Crippen LogP contribution is -2.64. The van der Waals surface area contributed by atoms with Crippen LogP contribution in [-0.4, -0.2) is 48.9 Å². The van der Waals surface area contributed by atoms with Crippen molar-refractivity contribution in [1.29, 1.82) is 0 Å². The summed E-state index contributed by atoms with van der Waals surface area (Å²) in [5.41, 5.74) is 0. The normalized spacial score (nSPS) is 29.7. The molecule has 5 nitrogen and oxygen atoms in total. The molecule has 1 atom stereocenters. The molecule has 0 radical (unpaired) electrons. The van der Waals surface area contributed by atoms with E-state index in [1.54, 1.807) is 4.90 Å². The average molecular weight is 169 g/mol. The Hall–Kier alpha value is -1.10. The fourth-order valence-electron chi connectivity index (χ4n) is 1.63. The van der Waals surface area contributed by atoms with Crippen LogP contribution in [0.25, 0.3) is 0 Å². The van der Waals surface area contributed by atoms with Gasteiger partial charge in [0.25, 0.3) is 0 Å². The fourth-order valence-corrected chi connectivity index (χ4v) is 1.63. The molecule has 2 aliphatic rings. The molecule has 0 bridgehead atoms. The highest BCUT2D eigenvalue weighted by Gasteiger charge is 2.34. The molecule has 0 aromatic carbocycles. The molecule has 5 heteroatoms. The van der Waals surface area contributed by atoms with E-state index in [2.05, 4.69) is 10.6 Å². The Morgan fingerprint density at radius 2 is 2.17 bits per heavy atom. The molecule has 0 saturated carbocycles. The highest BCUT2D eigenvalue weighted by Crippen LogP contribution is 2.06. The Morgan fingerprint density at radius 3 is 3.00 bits per heavy atom. The standard InChI is InChI=1S/C7H11N3O2/c11-6-7(12)10-2-1-8-3-5(10)4-9-6/h5,8H,1-4H2,(H,9,11)/t5-/m1/s1. The van der Waals surface area contributed by atoms with Crippen molar-refractivity contribution < 1.29 is 9.59 Å². The number of carbonyl (C=O) groups is 2. The molecule has 12 heavy (non-hydrogen) atoms. The number of piperazine rings is 2. The molecule has 2 fully saturated rings. The van der Waals surface area contributed by atoms with Gasteiger partial charge in [-0.2, -0.15) is 0 Å². The highest BCUT2D eigenvalue weighted by atomic mass is 16.2. The summed E-state index contributed by atoms with van der Waals surface area (Å²) < 4.78 is 0. The summed E-state index contributed by atoms with van der Waals surface area (Å²) in [6, 6.07) is 0.156. The number of nitrogens with one attached hydrogen (secondary N) is 2. The maximum atomic E-state index is 11.2. The first-order valence-corrected chi connectivity index (χ1v) is 4.08. The van der Waals surface area contributed by atoms with Gasteiger partial charge in [0.15, 0.2) is 0 Å². The molecule has 66 valence electrons. The quantitative estimate of drug-likeness (QED) is 0.409. The number of amides is 2. The van der Waals surface area contributed by atoms with Crippen LogP contribution in [-0.2, 0) is 9.59 Å². The zero-order chi connectivity index (χ0) is 8.55. The van der Waals surface area contributed by atoms with Crippen LogP contribution >= 0.6 is 0 Å². The lowest BCUT2D eigenvalue weighted by molar-refractivity contribution is -0.151. The number of hydrogen-bond acceptors (Lipinski definition) is 3. The minimum Gasteiger partial charge on any atom is -0.346 e. The number of fused-ring (bicyclic) bond motifs is 1. The zero-order valence-electron chi connectivity index (χ0n) is 6.67. The summed E-state index contributed by atoms with van der Waals surface area (Å²) in [6.45, 7) is 2.80. The highest BCUT2D eigenvalue weighted by molar-refractivity contribution is 6.35. The monoisotopic (exact) mass is 169 g/mol. The Balaban J connectivity index is 2.13. The minimum absolute atomic E-state index is 0.156. The van der Waals surface area contributed by atoms with E-state index < -0.39 is 5.91 Å². The van der Waals surface area contributed by atoms with Gasteiger partial charge in [-0.05, 0) is 0 Å². The molecule has 2 saturated heterocycles. The van der Waals surface area contributed by atoms with E-state index in [1.165, 1.54) is 0 Å². The van der Waals surface area contributed by atoms with Gasteiger partial charge in [0.1, 0.15) is 0 Å². The van der Waals surface area contributed by atoms with Crippen LogP contribution in [0.5, 0.6) is 0 Å². The van der Waals surface area contributed by atoms with Crippen molar-refractivity contribution in [2.24, 2.45) is 0 Å². The minimum atomic E-state index is -0.465. The van der Waals surface area contributed by atoms with E-state index >= 15 is 0 Å². The molecule has 0 unspecified atom stereocenters.